The zero-order chi connectivity index (χ0) is 21.7. The van der Waals surface area contributed by atoms with E-state index in [1.165, 1.54) is 17.0 Å². The fourth-order valence-corrected chi connectivity index (χ4v) is 5.65. The molecule has 2 aliphatic carbocycles. The molecule has 2 aromatic rings. The van der Waals surface area contributed by atoms with Gasteiger partial charge < -0.3 is 10.4 Å². The van der Waals surface area contributed by atoms with Crippen LogP contribution in [-0.2, 0) is 14.4 Å². The highest BCUT2D eigenvalue weighted by atomic mass is 79.9. The lowest BCUT2D eigenvalue weighted by molar-refractivity contribution is -0.144. The number of imide groups is 1. The topological polar surface area (TPSA) is 86.7 Å². The number of fused-ring (bicyclic) bond motifs is 5. The fraction of sp³-hybridized carbons (Fsp3) is 0.292. The molecule has 5 atom stereocenters. The van der Waals surface area contributed by atoms with Gasteiger partial charge in [-0.3, -0.25) is 19.3 Å². The van der Waals surface area contributed by atoms with Gasteiger partial charge in [0.15, 0.2) is 0 Å². The Morgan fingerprint density at radius 3 is 2.32 bits per heavy atom. The molecule has 1 aliphatic heterocycles. The Balaban J connectivity index is 1.44. The van der Waals surface area contributed by atoms with E-state index in [0.29, 0.717) is 5.69 Å². The predicted molar refractivity (Wildman–Crippen MR) is 118 cm³/mol. The average Bonchev–Trinajstić information content (AvgIpc) is 3.42. The number of amides is 3. The summed E-state index contributed by atoms with van der Waals surface area (Å²) in [6.45, 7) is 0. The van der Waals surface area contributed by atoms with E-state index in [2.05, 4.69) is 33.4 Å². The Labute approximate surface area is 188 Å². The summed E-state index contributed by atoms with van der Waals surface area (Å²) in [5.41, 5.74) is 1.27. The van der Waals surface area contributed by atoms with Gasteiger partial charge >= 0.3 is 0 Å². The maximum absolute atomic E-state index is 13.4. The van der Waals surface area contributed by atoms with E-state index in [1.54, 1.807) is 12.1 Å². The van der Waals surface area contributed by atoms with E-state index in [-0.39, 0.29) is 53.6 Å². The van der Waals surface area contributed by atoms with Crippen molar-refractivity contribution in [2.45, 2.75) is 18.9 Å². The number of rotatable bonds is 5. The van der Waals surface area contributed by atoms with Crippen LogP contribution in [0.4, 0.5) is 5.69 Å². The molecule has 0 aromatic heterocycles. The summed E-state index contributed by atoms with van der Waals surface area (Å²) < 4.78 is 0.815. The highest BCUT2D eigenvalue weighted by Crippen LogP contribution is 2.54. The number of hydrogen-bond donors (Lipinski definition) is 2. The number of hydrogen-bond acceptors (Lipinski definition) is 4. The molecule has 7 heteroatoms. The van der Waals surface area contributed by atoms with E-state index < -0.39 is 6.04 Å². The fourth-order valence-electron chi connectivity index (χ4n) is 5.24. The third kappa shape index (κ3) is 3.47. The summed E-state index contributed by atoms with van der Waals surface area (Å²) in [6, 6.07) is 12.9. The molecule has 3 aliphatic rings. The molecule has 31 heavy (non-hydrogen) atoms. The Hall–Kier alpha value is -2.93. The molecule has 0 spiro atoms. The minimum absolute atomic E-state index is 0.0446. The first kappa shape index (κ1) is 20.0. The second-order valence-electron chi connectivity index (χ2n) is 8.42. The van der Waals surface area contributed by atoms with E-state index >= 15 is 0 Å². The highest BCUT2D eigenvalue weighted by molar-refractivity contribution is 9.10. The lowest BCUT2D eigenvalue weighted by Crippen LogP contribution is -2.38. The molecular formula is C24H21BrN2O4. The largest absolute Gasteiger partial charge is 0.508 e. The minimum atomic E-state index is -0.681. The number of nitrogens with one attached hydrogen (secondary N) is 1. The number of benzene rings is 2. The maximum Gasteiger partial charge on any atom is 0.234 e. The first-order valence-electron chi connectivity index (χ1n) is 10.3. The standard InChI is InChI=1S/C24H21BrN2O4/c25-16-3-1-2-13(11-16)19(12-20(29)26-17-6-8-18(28)9-7-17)27-23(30)21-14-4-5-15(10-14)22(21)24(27)31/h1-9,11,14-15,19,21-22,28H,10,12H2,(H,26,29). The van der Waals surface area contributed by atoms with Crippen molar-refractivity contribution in [2.24, 2.45) is 23.7 Å². The molecule has 6 nitrogen and oxygen atoms in total. The number of carbonyl (C=O) groups is 3. The average molecular weight is 481 g/mol. The van der Waals surface area contributed by atoms with Crippen LogP contribution in [0.3, 0.4) is 0 Å². The van der Waals surface area contributed by atoms with Gasteiger partial charge in [0.05, 0.1) is 24.3 Å². The van der Waals surface area contributed by atoms with Crippen LogP contribution in [0.1, 0.15) is 24.4 Å². The summed E-state index contributed by atoms with van der Waals surface area (Å²) in [6.07, 6.45) is 4.94. The summed E-state index contributed by atoms with van der Waals surface area (Å²) in [5, 5.41) is 12.2. The van der Waals surface area contributed by atoms with Gasteiger partial charge in [0.25, 0.3) is 0 Å². The molecule has 2 aromatic carbocycles. The molecule has 1 saturated carbocycles. The van der Waals surface area contributed by atoms with Crippen molar-refractivity contribution < 1.29 is 19.5 Å². The van der Waals surface area contributed by atoms with Gasteiger partial charge in [0.2, 0.25) is 17.7 Å². The second-order valence-corrected chi connectivity index (χ2v) is 9.33. The maximum atomic E-state index is 13.4. The number of nitrogens with zero attached hydrogens (tertiary/aromatic N) is 1. The monoisotopic (exact) mass is 480 g/mol. The smallest absolute Gasteiger partial charge is 0.234 e. The normalized spacial score (nSPS) is 26.9. The van der Waals surface area contributed by atoms with Gasteiger partial charge in [0.1, 0.15) is 5.75 Å². The van der Waals surface area contributed by atoms with Crippen LogP contribution in [0.15, 0.2) is 65.2 Å². The second kappa shape index (κ2) is 7.64. The Kier molecular flexibility index (Phi) is 4.93. The Morgan fingerprint density at radius 1 is 1.06 bits per heavy atom. The van der Waals surface area contributed by atoms with Crippen LogP contribution >= 0.6 is 15.9 Å². The first-order chi connectivity index (χ1) is 14.9. The lowest BCUT2D eigenvalue weighted by Gasteiger charge is -2.28. The summed E-state index contributed by atoms with van der Waals surface area (Å²) >= 11 is 3.45. The number of phenols is 1. The van der Waals surface area contributed by atoms with Crippen LogP contribution in [-0.4, -0.2) is 27.7 Å². The van der Waals surface area contributed by atoms with Crippen molar-refractivity contribution in [3.63, 3.8) is 0 Å². The third-order valence-electron chi connectivity index (χ3n) is 6.58. The van der Waals surface area contributed by atoms with Gasteiger partial charge in [-0.1, -0.05) is 40.2 Å². The predicted octanol–water partition coefficient (Wildman–Crippen LogP) is 4.03. The highest BCUT2D eigenvalue weighted by Gasteiger charge is 2.60. The molecular weight excluding hydrogens is 460 g/mol. The Morgan fingerprint density at radius 2 is 1.71 bits per heavy atom. The number of carbonyl (C=O) groups excluding carboxylic acids is 3. The number of phenolic OH excluding ortho intramolecular Hbond substituents is 1. The number of allylic oxidation sites excluding steroid dienone is 2. The van der Waals surface area contributed by atoms with Crippen molar-refractivity contribution >= 4 is 39.3 Å². The van der Waals surface area contributed by atoms with Gasteiger partial charge in [0, 0.05) is 10.2 Å². The van der Waals surface area contributed by atoms with Crippen molar-refractivity contribution in [1.82, 2.24) is 4.90 Å². The molecule has 5 rings (SSSR count). The molecule has 158 valence electrons. The number of aromatic hydroxyl groups is 1. The van der Waals surface area contributed by atoms with Gasteiger partial charge in [-0.15, -0.1) is 0 Å². The first-order valence-corrected chi connectivity index (χ1v) is 11.1. The van der Waals surface area contributed by atoms with Crippen LogP contribution in [0.25, 0.3) is 0 Å². The van der Waals surface area contributed by atoms with Crippen molar-refractivity contribution in [1.29, 1.82) is 0 Å². The van der Waals surface area contributed by atoms with Gasteiger partial charge in [-0.2, -0.15) is 0 Å². The number of anilines is 1. The van der Waals surface area contributed by atoms with Crippen LogP contribution < -0.4 is 5.32 Å². The van der Waals surface area contributed by atoms with E-state index in [9.17, 15) is 19.5 Å². The molecule has 1 heterocycles. The zero-order valence-corrected chi connectivity index (χ0v) is 18.2. The zero-order valence-electron chi connectivity index (χ0n) is 16.6. The van der Waals surface area contributed by atoms with Crippen LogP contribution in [0, 0.1) is 23.7 Å². The van der Waals surface area contributed by atoms with Crippen molar-refractivity contribution in [3.8, 4) is 5.75 Å². The van der Waals surface area contributed by atoms with Gasteiger partial charge in [-0.25, -0.2) is 0 Å². The van der Waals surface area contributed by atoms with E-state index in [0.717, 1.165) is 16.5 Å². The van der Waals surface area contributed by atoms with E-state index in [4.69, 9.17) is 0 Å². The summed E-state index contributed by atoms with van der Waals surface area (Å²) in [5.74, 6) is -0.934. The summed E-state index contributed by atoms with van der Waals surface area (Å²) in [7, 11) is 0. The lowest BCUT2D eigenvalue weighted by atomic mass is 9.85. The number of likely N-dealkylation sites (tertiary alicyclic amines) is 1. The molecule has 2 bridgehead atoms. The molecule has 0 radical (unpaired) electrons. The summed E-state index contributed by atoms with van der Waals surface area (Å²) in [4.78, 5) is 40.9. The van der Waals surface area contributed by atoms with Gasteiger partial charge in [-0.05, 0) is 60.2 Å². The van der Waals surface area contributed by atoms with Crippen LogP contribution in [0.2, 0.25) is 0 Å². The van der Waals surface area contributed by atoms with Crippen LogP contribution in [0.5, 0.6) is 5.75 Å². The minimum Gasteiger partial charge on any atom is -0.508 e. The third-order valence-corrected chi connectivity index (χ3v) is 7.07. The molecule has 3 amide bonds. The molecule has 2 fully saturated rings. The SMILES string of the molecule is O=C(CC(c1cccc(Br)c1)N1C(=O)C2C3C=CC(C3)C2C1=O)Nc1ccc(O)cc1. The van der Waals surface area contributed by atoms with Crippen molar-refractivity contribution in [3.05, 3.63) is 70.7 Å². The molecule has 2 N–H and O–H groups in total. The van der Waals surface area contributed by atoms with Crippen molar-refractivity contribution in [2.75, 3.05) is 5.32 Å². The molecule has 5 unspecified atom stereocenters. The number of halogens is 1. The van der Waals surface area contributed by atoms with E-state index in [1.807, 2.05) is 24.3 Å². The molecule has 1 saturated heterocycles. The quantitative estimate of drug-likeness (QED) is 0.384. The Bertz CT molecular complexity index is 1070.